The average Bonchev–Trinajstić information content (AvgIpc) is 2.22. The number of nitrogens with zero attached hydrogens (tertiary/aromatic N) is 1. The van der Waals surface area contributed by atoms with Gasteiger partial charge >= 0.3 is 0 Å². The molecular weight excluding hydrogens is 224 g/mol. The van der Waals surface area contributed by atoms with E-state index in [1.165, 1.54) is 16.7 Å². The number of amides is 1. The molecule has 0 aliphatic carbocycles. The molecule has 0 fully saturated rings. The highest BCUT2D eigenvalue weighted by atomic mass is 16.1. The van der Waals surface area contributed by atoms with E-state index in [1.54, 1.807) is 0 Å². The van der Waals surface area contributed by atoms with Crippen LogP contribution in [-0.2, 0) is 11.2 Å². The first kappa shape index (κ1) is 14.7. The molecule has 1 aromatic carbocycles. The lowest BCUT2D eigenvalue weighted by Crippen LogP contribution is -2.32. The Bertz CT molecular complexity index is 401. The standard InChI is InChI=1S/C15H24N2O/c1-11-8-12(2)14(13(3)9-11)10-15(18)16-6-7-17(4)5/h8-9H,6-7,10H2,1-5H3,(H,16,18). The summed E-state index contributed by atoms with van der Waals surface area (Å²) in [6.45, 7) is 7.80. The highest BCUT2D eigenvalue weighted by Crippen LogP contribution is 2.16. The molecule has 0 aromatic heterocycles. The third kappa shape index (κ3) is 4.49. The van der Waals surface area contributed by atoms with Gasteiger partial charge in [0.05, 0.1) is 6.42 Å². The number of hydrogen-bond donors (Lipinski definition) is 1. The summed E-state index contributed by atoms with van der Waals surface area (Å²) in [5.74, 6) is 0.104. The van der Waals surface area contributed by atoms with Crippen LogP contribution < -0.4 is 5.32 Å². The number of carbonyl (C=O) groups is 1. The first-order valence-corrected chi connectivity index (χ1v) is 6.38. The molecule has 0 heterocycles. The van der Waals surface area contributed by atoms with Crippen LogP contribution >= 0.6 is 0 Å². The zero-order valence-corrected chi connectivity index (χ0v) is 12.1. The smallest absolute Gasteiger partial charge is 0.224 e. The second-order valence-corrected chi connectivity index (χ2v) is 5.21. The molecule has 100 valence electrons. The molecule has 0 aliphatic heterocycles. The van der Waals surface area contributed by atoms with Gasteiger partial charge in [0.1, 0.15) is 0 Å². The Morgan fingerprint density at radius 1 is 1.17 bits per heavy atom. The van der Waals surface area contributed by atoms with Gasteiger partial charge in [0.15, 0.2) is 0 Å². The molecule has 0 saturated heterocycles. The molecular formula is C15H24N2O. The third-order valence-electron chi connectivity index (χ3n) is 3.06. The van der Waals surface area contributed by atoms with Gasteiger partial charge in [-0.2, -0.15) is 0 Å². The van der Waals surface area contributed by atoms with E-state index in [2.05, 4.69) is 43.1 Å². The first-order valence-electron chi connectivity index (χ1n) is 6.38. The Kier molecular flexibility index (Phi) is 5.35. The summed E-state index contributed by atoms with van der Waals surface area (Å²) in [5.41, 5.74) is 4.82. The summed E-state index contributed by atoms with van der Waals surface area (Å²) in [6.07, 6.45) is 0.478. The summed E-state index contributed by atoms with van der Waals surface area (Å²) in [6, 6.07) is 4.27. The molecule has 1 aromatic rings. The van der Waals surface area contributed by atoms with E-state index in [0.29, 0.717) is 13.0 Å². The van der Waals surface area contributed by atoms with Crippen molar-refractivity contribution in [1.29, 1.82) is 0 Å². The van der Waals surface area contributed by atoms with E-state index in [9.17, 15) is 4.79 Å². The van der Waals surface area contributed by atoms with E-state index in [1.807, 2.05) is 14.1 Å². The van der Waals surface area contributed by atoms with Crippen molar-refractivity contribution in [1.82, 2.24) is 10.2 Å². The van der Waals surface area contributed by atoms with Gasteiger partial charge < -0.3 is 10.2 Å². The molecule has 0 bridgehead atoms. The SMILES string of the molecule is Cc1cc(C)c(CC(=O)NCCN(C)C)c(C)c1. The fourth-order valence-electron chi connectivity index (χ4n) is 2.13. The van der Waals surface area contributed by atoms with Crippen LogP contribution in [0, 0.1) is 20.8 Å². The minimum atomic E-state index is 0.104. The average molecular weight is 248 g/mol. The molecule has 3 nitrogen and oxygen atoms in total. The Hall–Kier alpha value is -1.35. The number of nitrogens with one attached hydrogen (secondary N) is 1. The zero-order valence-electron chi connectivity index (χ0n) is 12.1. The summed E-state index contributed by atoms with van der Waals surface area (Å²) >= 11 is 0. The lowest BCUT2D eigenvalue weighted by atomic mass is 9.97. The van der Waals surface area contributed by atoms with Gasteiger partial charge in [0.2, 0.25) is 5.91 Å². The maximum atomic E-state index is 11.9. The van der Waals surface area contributed by atoms with Crippen LogP contribution in [0.15, 0.2) is 12.1 Å². The van der Waals surface area contributed by atoms with Crippen LogP contribution in [0.1, 0.15) is 22.3 Å². The van der Waals surface area contributed by atoms with Crippen molar-refractivity contribution >= 4 is 5.91 Å². The van der Waals surface area contributed by atoms with Crippen molar-refractivity contribution in [3.8, 4) is 0 Å². The Labute approximate surface area is 110 Å². The van der Waals surface area contributed by atoms with Crippen molar-refractivity contribution in [2.24, 2.45) is 0 Å². The summed E-state index contributed by atoms with van der Waals surface area (Å²) in [4.78, 5) is 13.9. The molecule has 3 heteroatoms. The molecule has 18 heavy (non-hydrogen) atoms. The van der Waals surface area contributed by atoms with Crippen LogP contribution in [0.4, 0.5) is 0 Å². The number of rotatable bonds is 5. The van der Waals surface area contributed by atoms with Crippen LogP contribution in [-0.4, -0.2) is 38.0 Å². The van der Waals surface area contributed by atoms with Gasteiger partial charge in [0, 0.05) is 13.1 Å². The van der Waals surface area contributed by atoms with E-state index in [4.69, 9.17) is 0 Å². The van der Waals surface area contributed by atoms with Crippen molar-refractivity contribution in [2.45, 2.75) is 27.2 Å². The molecule has 0 saturated carbocycles. The van der Waals surface area contributed by atoms with Crippen molar-refractivity contribution in [3.63, 3.8) is 0 Å². The third-order valence-corrected chi connectivity index (χ3v) is 3.06. The summed E-state index contributed by atoms with van der Waals surface area (Å²) < 4.78 is 0. The van der Waals surface area contributed by atoms with E-state index >= 15 is 0 Å². The summed E-state index contributed by atoms with van der Waals surface area (Å²) in [5, 5.41) is 2.95. The fourth-order valence-corrected chi connectivity index (χ4v) is 2.13. The van der Waals surface area contributed by atoms with Crippen molar-refractivity contribution in [3.05, 3.63) is 34.4 Å². The topological polar surface area (TPSA) is 32.3 Å². The summed E-state index contributed by atoms with van der Waals surface area (Å²) in [7, 11) is 4.00. The first-order chi connectivity index (χ1) is 8.40. The number of aryl methyl sites for hydroxylation is 3. The minimum absolute atomic E-state index is 0.104. The second kappa shape index (κ2) is 6.55. The molecule has 1 amide bonds. The quantitative estimate of drug-likeness (QED) is 0.862. The van der Waals surface area contributed by atoms with Crippen LogP contribution in [0.2, 0.25) is 0 Å². The zero-order chi connectivity index (χ0) is 13.7. The van der Waals surface area contributed by atoms with Crippen LogP contribution in [0.3, 0.4) is 0 Å². The van der Waals surface area contributed by atoms with Crippen molar-refractivity contribution in [2.75, 3.05) is 27.2 Å². The maximum Gasteiger partial charge on any atom is 0.224 e. The normalized spacial score (nSPS) is 10.8. The van der Waals surface area contributed by atoms with Crippen LogP contribution in [0.25, 0.3) is 0 Å². The van der Waals surface area contributed by atoms with E-state index < -0.39 is 0 Å². The lowest BCUT2D eigenvalue weighted by Gasteiger charge is -2.13. The molecule has 0 unspecified atom stereocenters. The number of benzene rings is 1. The largest absolute Gasteiger partial charge is 0.355 e. The molecule has 0 spiro atoms. The maximum absolute atomic E-state index is 11.9. The number of likely N-dealkylation sites (N-methyl/N-ethyl adjacent to an activating group) is 1. The van der Waals surface area contributed by atoms with Gasteiger partial charge in [-0.05, 0) is 51.6 Å². The van der Waals surface area contributed by atoms with E-state index in [-0.39, 0.29) is 5.91 Å². The lowest BCUT2D eigenvalue weighted by molar-refractivity contribution is -0.120. The molecule has 0 aliphatic rings. The minimum Gasteiger partial charge on any atom is -0.355 e. The van der Waals surface area contributed by atoms with Gasteiger partial charge in [-0.3, -0.25) is 4.79 Å². The fraction of sp³-hybridized carbons (Fsp3) is 0.533. The molecule has 1 rings (SSSR count). The predicted octanol–water partition coefficient (Wildman–Crippen LogP) is 1.83. The van der Waals surface area contributed by atoms with Gasteiger partial charge in [0.25, 0.3) is 0 Å². The Balaban J connectivity index is 2.59. The predicted molar refractivity (Wildman–Crippen MR) is 75.9 cm³/mol. The highest BCUT2D eigenvalue weighted by molar-refractivity contribution is 5.79. The van der Waals surface area contributed by atoms with Crippen LogP contribution in [0.5, 0.6) is 0 Å². The van der Waals surface area contributed by atoms with Gasteiger partial charge in [-0.1, -0.05) is 17.7 Å². The van der Waals surface area contributed by atoms with Crippen molar-refractivity contribution < 1.29 is 4.79 Å². The highest BCUT2D eigenvalue weighted by Gasteiger charge is 2.09. The molecule has 1 N–H and O–H groups in total. The Morgan fingerprint density at radius 2 is 1.72 bits per heavy atom. The van der Waals surface area contributed by atoms with E-state index in [0.717, 1.165) is 12.1 Å². The van der Waals surface area contributed by atoms with Gasteiger partial charge in [-0.15, -0.1) is 0 Å². The van der Waals surface area contributed by atoms with Gasteiger partial charge in [-0.25, -0.2) is 0 Å². The number of carbonyl (C=O) groups excluding carboxylic acids is 1. The monoisotopic (exact) mass is 248 g/mol. The molecule has 0 atom stereocenters. The number of hydrogen-bond acceptors (Lipinski definition) is 2. The second-order valence-electron chi connectivity index (χ2n) is 5.21. The molecule has 0 radical (unpaired) electrons. The Morgan fingerprint density at radius 3 is 2.22 bits per heavy atom.